The van der Waals surface area contributed by atoms with E-state index in [1.165, 1.54) is 26.0 Å². The molecule has 1 aliphatic rings. The van der Waals surface area contributed by atoms with Crippen molar-refractivity contribution in [2.24, 2.45) is 0 Å². The van der Waals surface area contributed by atoms with Gasteiger partial charge >= 0.3 is 5.97 Å². The summed E-state index contributed by atoms with van der Waals surface area (Å²) in [7, 11) is 0. The number of aliphatic hydroxyl groups is 2. The molecule has 0 spiro atoms. The Labute approximate surface area is 142 Å². The van der Waals surface area contributed by atoms with E-state index in [4.69, 9.17) is 0 Å². The fourth-order valence-electron chi connectivity index (χ4n) is 3.41. The zero-order chi connectivity index (χ0) is 18.7. The molecule has 5 N–H and O–H groups in total. The average Bonchev–Trinajstić information content (AvgIpc) is 2.51. The van der Waals surface area contributed by atoms with E-state index in [-0.39, 0.29) is 33.4 Å². The van der Waals surface area contributed by atoms with Gasteiger partial charge in [0.15, 0.2) is 5.78 Å². The molecule has 0 aliphatic heterocycles. The van der Waals surface area contributed by atoms with Crippen molar-refractivity contribution in [2.45, 2.75) is 26.1 Å². The predicted octanol–water partition coefficient (Wildman–Crippen LogP) is 1.40. The van der Waals surface area contributed by atoms with E-state index in [1.807, 2.05) is 0 Å². The zero-order valence-electron chi connectivity index (χ0n) is 13.5. The molecule has 7 nitrogen and oxygen atoms in total. The van der Waals surface area contributed by atoms with Gasteiger partial charge in [-0.25, -0.2) is 4.79 Å². The fourth-order valence-corrected chi connectivity index (χ4v) is 3.41. The Morgan fingerprint density at radius 1 is 1.16 bits per heavy atom. The highest BCUT2D eigenvalue weighted by atomic mass is 16.4. The number of fused-ring (bicyclic) bond motifs is 2. The summed E-state index contributed by atoms with van der Waals surface area (Å²) in [6.07, 6.45) is 0. The molecule has 130 valence electrons. The molecular weight excluding hydrogens is 328 g/mol. The number of carboxylic acid groups (broad SMARTS) is 1. The minimum atomic E-state index is -1.75. The molecule has 0 radical (unpaired) electrons. The third kappa shape index (κ3) is 2.13. The first kappa shape index (κ1) is 16.9. The van der Waals surface area contributed by atoms with Gasteiger partial charge in [-0.15, -0.1) is 0 Å². The molecule has 0 unspecified atom stereocenters. The largest absolute Gasteiger partial charge is 0.507 e. The van der Waals surface area contributed by atoms with Gasteiger partial charge in [0.1, 0.15) is 22.7 Å². The molecule has 25 heavy (non-hydrogen) atoms. The maximum absolute atomic E-state index is 13.0. The van der Waals surface area contributed by atoms with Crippen molar-refractivity contribution in [3.63, 3.8) is 0 Å². The highest BCUT2D eigenvalue weighted by molar-refractivity contribution is 6.17. The molecule has 2 aromatic carbocycles. The Balaban J connectivity index is 2.44. The quantitative estimate of drug-likeness (QED) is 0.555. The Bertz CT molecular complexity index is 941. The van der Waals surface area contributed by atoms with Crippen LogP contribution in [0.2, 0.25) is 0 Å². The Morgan fingerprint density at radius 3 is 2.36 bits per heavy atom. The number of aliphatic hydroxyl groups excluding tert-OH is 1. The Morgan fingerprint density at radius 2 is 1.80 bits per heavy atom. The molecular formula is C18H16O7. The van der Waals surface area contributed by atoms with Gasteiger partial charge in [-0.1, -0.05) is 12.1 Å². The third-order valence-corrected chi connectivity index (χ3v) is 4.71. The second-order valence-corrected chi connectivity index (χ2v) is 6.18. The van der Waals surface area contributed by atoms with Crippen molar-refractivity contribution in [3.8, 4) is 11.5 Å². The van der Waals surface area contributed by atoms with E-state index in [9.17, 15) is 35.1 Å². The van der Waals surface area contributed by atoms with Crippen LogP contribution in [0.1, 0.15) is 55.5 Å². The van der Waals surface area contributed by atoms with E-state index in [0.717, 1.165) is 6.07 Å². The molecule has 2 aromatic rings. The molecule has 0 bridgehead atoms. The van der Waals surface area contributed by atoms with Gasteiger partial charge in [0.05, 0.1) is 12.2 Å². The van der Waals surface area contributed by atoms with E-state index in [0.29, 0.717) is 0 Å². The first-order chi connectivity index (χ1) is 11.6. The molecule has 0 saturated heterocycles. The maximum Gasteiger partial charge on any atom is 0.339 e. The standard InChI is InChI=1S/C18H16O7/c1-7-12-10(5-11(20)13(7)17(23)24)18(2,25)9-4-3-8(6-19)15(21)14(9)16(12)22/h3-5,19-21,25H,6H2,1-2H3,(H,23,24)/t18-/m0/s1. The van der Waals surface area contributed by atoms with Crippen LogP contribution in [-0.2, 0) is 12.2 Å². The van der Waals surface area contributed by atoms with Crippen molar-refractivity contribution >= 4 is 11.8 Å². The number of phenols is 2. The number of aromatic carboxylic acids is 1. The number of benzene rings is 2. The lowest BCUT2D eigenvalue weighted by atomic mass is 9.72. The summed E-state index contributed by atoms with van der Waals surface area (Å²) in [6, 6.07) is 3.86. The number of rotatable bonds is 2. The van der Waals surface area contributed by atoms with Crippen LogP contribution in [0.25, 0.3) is 0 Å². The smallest absolute Gasteiger partial charge is 0.339 e. The normalized spacial score (nSPS) is 18.6. The van der Waals surface area contributed by atoms with Gasteiger partial charge < -0.3 is 25.5 Å². The van der Waals surface area contributed by atoms with E-state index < -0.39 is 41.0 Å². The Hall–Kier alpha value is -2.90. The SMILES string of the molecule is Cc1c(C(=O)O)c(O)cc2c1C(=O)c1c(ccc(CO)c1O)[C@]2(C)O. The molecule has 0 amide bonds. The number of carbonyl (C=O) groups is 2. The molecule has 1 atom stereocenters. The predicted molar refractivity (Wildman–Crippen MR) is 85.9 cm³/mol. The number of hydrogen-bond donors (Lipinski definition) is 5. The fraction of sp³-hybridized carbons (Fsp3) is 0.222. The number of aromatic hydroxyl groups is 2. The van der Waals surface area contributed by atoms with Crippen LogP contribution >= 0.6 is 0 Å². The zero-order valence-corrected chi connectivity index (χ0v) is 13.5. The lowest BCUT2D eigenvalue weighted by Gasteiger charge is -2.34. The van der Waals surface area contributed by atoms with Crippen molar-refractivity contribution in [1.82, 2.24) is 0 Å². The van der Waals surface area contributed by atoms with Crippen LogP contribution in [0, 0.1) is 6.92 Å². The second kappa shape index (κ2) is 5.30. The van der Waals surface area contributed by atoms with E-state index in [2.05, 4.69) is 0 Å². The minimum Gasteiger partial charge on any atom is -0.507 e. The van der Waals surface area contributed by atoms with Crippen LogP contribution in [0.3, 0.4) is 0 Å². The highest BCUT2D eigenvalue weighted by Gasteiger charge is 2.43. The van der Waals surface area contributed by atoms with Crippen LogP contribution in [0.5, 0.6) is 11.5 Å². The van der Waals surface area contributed by atoms with Gasteiger partial charge in [0.25, 0.3) is 0 Å². The molecule has 0 saturated carbocycles. The summed E-state index contributed by atoms with van der Waals surface area (Å²) < 4.78 is 0. The molecule has 0 aromatic heterocycles. The summed E-state index contributed by atoms with van der Waals surface area (Å²) >= 11 is 0. The van der Waals surface area contributed by atoms with Crippen LogP contribution in [0.15, 0.2) is 18.2 Å². The third-order valence-electron chi connectivity index (χ3n) is 4.71. The average molecular weight is 344 g/mol. The van der Waals surface area contributed by atoms with Crippen LogP contribution < -0.4 is 0 Å². The number of carbonyl (C=O) groups excluding carboxylic acids is 1. The van der Waals surface area contributed by atoms with Crippen molar-refractivity contribution < 1.29 is 35.1 Å². The van der Waals surface area contributed by atoms with Gasteiger partial charge in [0.2, 0.25) is 0 Å². The van der Waals surface area contributed by atoms with Crippen LogP contribution in [0.4, 0.5) is 0 Å². The highest BCUT2D eigenvalue weighted by Crippen LogP contribution is 2.46. The van der Waals surface area contributed by atoms with Crippen LogP contribution in [-0.4, -0.2) is 37.3 Å². The van der Waals surface area contributed by atoms with Gasteiger partial charge in [-0.3, -0.25) is 4.79 Å². The second-order valence-electron chi connectivity index (χ2n) is 6.18. The van der Waals surface area contributed by atoms with E-state index >= 15 is 0 Å². The monoisotopic (exact) mass is 344 g/mol. The molecule has 0 fully saturated rings. The minimum absolute atomic E-state index is 0.00720. The molecule has 0 heterocycles. The van der Waals surface area contributed by atoms with Crippen molar-refractivity contribution in [2.75, 3.05) is 0 Å². The number of ketones is 1. The van der Waals surface area contributed by atoms with Gasteiger partial charge in [-0.05, 0) is 25.5 Å². The summed E-state index contributed by atoms with van der Waals surface area (Å²) in [4.78, 5) is 24.4. The molecule has 3 rings (SSSR count). The maximum atomic E-state index is 13.0. The summed E-state index contributed by atoms with van der Waals surface area (Å²) in [5, 5.41) is 49.9. The molecule has 1 aliphatic carbocycles. The van der Waals surface area contributed by atoms with Crippen molar-refractivity contribution in [1.29, 1.82) is 0 Å². The Kier molecular flexibility index (Phi) is 3.59. The number of hydrogen-bond acceptors (Lipinski definition) is 6. The first-order valence-electron chi connectivity index (χ1n) is 7.46. The van der Waals surface area contributed by atoms with Gasteiger partial charge in [0, 0.05) is 22.3 Å². The topological polar surface area (TPSA) is 135 Å². The summed E-state index contributed by atoms with van der Waals surface area (Å²) in [6.45, 7) is 2.23. The molecule has 7 heteroatoms. The number of carboxylic acids is 1. The van der Waals surface area contributed by atoms with Gasteiger partial charge in [-0.2, -0.15) is 0 Å². The first-order valence-corrected chi connectivity index (χ1v) is 7.46. The lowest BCUT2D eigenvalue weighted by Crippen LogP contribution is -2.34. The lowest BCUT2D eigenvalue weighted by molar-refractivity contribution is 0.0690. The van der Waals surface area contributed by atoms with E-state index in [1.54, 1.807) is 0 Å². The summed E-state index contributed by atoms with van der Waals surface area (Å²) in [5.74, 6) is -3.11. The van der Waals surface area contributed by atoms with Crippen molar-refractivity contribution in [3.05, 3.63) is 57.1 Å². The summed E-state index contributed by atoms with van der Waals surface area (Å²) in [5.41, 5.74) is -2.18.